The van der Waals surface area contributed by atoms with Gasteiger partial charge in [-0.05, 0) is 18.9 Å². The van der Waals surface area contributed by atoms with Crippen LogP contribution in [0.3, 0.4) is 0 Å². The first-order valence-electron chi connectivity index (χ1n) is 8.90. The molecule has 0 fully saturated rings. The minimum absolute atomic E-state index is 0. The van der Waals surface area contributed by atoms with Crippen molar-refractivity contribution in [2.24, 2.45) is 4.99 Å². The van der Waals surface area contributed by atoms with Crippen molar-refractivity contribution in [2.45, 2.75) is 19.9 Å². The third-order valence-corrected chi connectivity index (χ3v) is 4.25. The molecule has 154 valence electrons. The van der Waals surface area contributed by atoms with Gasteiger partial charge >= 0.3 is 0 Å². The summed E-state index contributed by atoms with van der Waals surface area (Å²) in [6, 6.07) is 12.1. The van der Waals surface area contributed by atoms with Gasteiger partial charge in [-0.3, -0.25) is 4.99 Å². The van der Waals surface area contributed by atoms with Crippen LogP contribution in [-0.2, 0) is 13.0 Å². The van der Waals surface area contributed by atoms with E-state index in [1.165, 1.54) is 11.1 Å². The highest BCUT2D eigenvalue weighted by Crippen LogP contribution is 2.34. The van der Waals surface area contributed by atoms with Gasteiger partial charge in [-0.25, -0.2) is 0 Å². The van der Waals surface area contributed by atoms with Crippen molar-refractivity contribution >= 4 is 29.9 Å². The molecule has 0 heterocycles. The van der Waals surface area contributed by atoms with Gasteiger partial charge in [-0.1, -0.05) is 29.8 Å². The number of aryl methyl sites for hydroxylation is 1. The van der Waals surface area contributed by atoms with Crippen LogP contribution in [0.1, 0.15) is 16.7 Å². The number of nitrogens with one attached hydrogen (secondary N) is 2. The lowest BCUT2D eigenvalue weighted by Crippen LogP contribution is -2.37. The Labute approximate surface area is 184 Å². The maximum atomic E-state index is 5.50. The van der Waals surface area contributed by atoms with Gasteiger partial charge in [0.05, 0.1) is 21.3 Å². The number of nitrogens with zero attached hydrogens (tertiary/aromatic N) is 1. The van der Waals surface area contributed by atoms with Crippen LogP contribution in [-0.4, -0.2) is 40.9 Å². The van der Waals surface area contributed by atoms with Crippen LogP contribution in [0.5, 0.6) is 17.2 Å². The molecule has 0 saturated carbocycles. The molecule has 28 heavy (non-hydrogen) atoms. The molecule has 2 aromatic carbocycles. The monoisotopic (exact) mass is 499 g/mol. The zero-order chi connectivity index (χ0) is 19.6. The summed E-state index contributed by atoms with van der Waals surface area (Å²) in [5.74, 6) is 2.95. The van der Waals surface area contributed by atoms with Crippen molar-refractivity contribution in [3.05, 3.63) is 53.1 Å². The molecule has 6 nitrogen and oxygen atoms in total. The van der Waals surface area contributed by atoms with Crippen molar-refractivity contribution in [1.29, 1.82) is 0 Å². The Bertz CT molecular complexity index is 756. The Morgan fingerprint density at radius 2 is 1.64 bits per heavy atom. The number of ether oxygens (including phenoxy) is 3. The lowest BCUT2D eigenvalue weighted by Gasteiger charge is -2.16. The molecular formula is C21H30IN3O3. The first kappa shape index (κ1) is 23.9. The minimum Gasteiger partial charge on any atom is -0.496 e. The fourth-order valence-corrected chi connectivity index (χ4v) is 2.86. The van der Waals surface area contributed by atoms with Crippen LogP contribution in [0.15, 0.2) is 41.4 Å². The van der Waals surface area contributed by atoms with Crippen LogP contribution in [0.2, 0.25) is 0 Å². The molecule has 0 unspecified atom stereocenters. The van der Waals surface area contributed by atoms with Gasteiger partial charge in [0.15, 0.2) is 5.96 Å². The topological polar surface area (TPSA) is 64.1 Å². The Balaban J connectivity index is 0.00000392. The van der Waals surface area contributed by atoms with E-state index in [0.29, 0.717) is 12.3 Å². The van der Waals surface area contributed by atoms with Gasteiger partial charge in [-0.15, -0.1) is 24.0 Å². The summed E-state index contributed by atoms with van der Waals surface area (Å²) in [5, 5.41) is 6.66. The summed E-state index contributed by atoms with van der Waals surface area (Å²) in [4.78, 5) is 4.28. The highest BCUT2D eigenvalue weighted by molar-refractivity contribution is 14.0. The van der Waals surface area contributed by atoms with Crippen LogP contribution in [0.4, 0.5) is 0 Å². The van der Waals surface area contributed by atoms with Crippen LogP contribution >= 0.6 is 24.0 Å². The standard InChI is InChI=1S/C21H29N3O3.HI/c1-15-7-6-8-16(11-15)14-24-21(22-2)23-10-9-18-19(26-4)12-17(25-3)13-20(18)27-5;/h6-8,11-13H,9-10,14H2,1-5H3,(H2,22,23,24);1H. The van der Waals surface area contributed by atoms with Gasteiger partial charge in [0, 0.05) is 37.8 Å². The molecule has 0 aliphatic heterocycles. The summed E-state index contributed by atoms with van der Waals surface area (Å²) in [7, 11) is 6.68. The lowest BCUT2D eigenvalue weighted by molar-refractivity contribution is 0.368. The molecule has 2 rings (SSSR count). The van der Waals surface area contributed by atoms with Crippen molar-refractivity contribution in [1.82, 2.24) is 10.6 Å². The number of methoxy groups -OCH3 is 3. The van der Waals surface area contributed by atoms with E-state index in [9.17, 15) is 0 Å². The predicted molar refractivity (Wildman–Crippen MR) is 125 cm³/mol. The number of aliphatic imine (C=N–C) groups is 1. The van der Waals surface area contributed by atoms with Crippen LogP contribution < -0.4 is 24.8 Å². The zero-order valence-corrected chi connectivity index (χ0v) is 19.5. The second kappa shape index (κ2) is 12.3. The van der Waals surface area contributed by atoms with Gasteiger partial charge < -0.3 is 24.8 Å². The molecule has 7 heteroatoms. The quantitative estimate of drug-likeness (QED) is 0.331. The number of hydrogen-bond acceptors (Lipinski definition) is 4. The first-order chi connectivity index (χ1) is 13.1. The predicted octanol–water partition coefficient (Wildman–Crippen LogP) is 3.55. The highest BCUT2D eigenvalue weighted by Gasteiger charge is 2.13. The normalized spacial score (nSPS) is 10.7. The van der Waals surface area contributed by atoms with Gasteiger partial charge in [0.25, 0.3) is 0 Å². The van der Waals surface area contributed by atoms with Gasteiger partial charge in [-0.2, -0.15) is 0 Å². The summed E-state index contributed by atoms with van der Waals surface area (Å²) in [6.07, 6.45) is 0.724. The number of halogens is 1. The third kappa shape index (κ3) is 6.78. The van der Waals surface area contributed by atoms with E-state index in [1.807, 2.05) is 12.1 Å². The zero-order valence-electron chi connectivity index (χ0n) is 17.2. The van der Waals surface area contributed by atoms with Crippen LogP contribution in [0, 0.1) is 6.92 Å². The number of hydrogen-bond donors (Lipinski definition) is 2. The van der Waals surface area contributed by atoms with Crippen molar-refractivity contribution in [3.63, 3.8) is 0 Å². The molecule has 0 bridgehead atoms. The summed E-state index contributed by atoms with van der Waals surface area (Å²) in [5.41, 5.74) is 3.45. The Hall–Kier alpha value is -2.16. The largest absolute Gasteiger partial charge is 0.496 e. The van der Waals surface area contributed by atoms with Crippen molar-refractivity contribution < 1.29 is 14.2 Å². The number of rotatable bonds is 8. The Kier molecular flexibility index (Phi) is 10.5. The fraction of sp³-hybridized carbons (Fsp3) is 0.381. The minimum atomic E-state index is 0. The second-order valence-corrected chi connectivity index (χ2v) is 6.10. The maximum Gasteiger partial charge on any atom is 0.191 e. The third-order valence-electron chi connectivity index (χ3n) is 4.25. The van der Waals surface area contributed by atoms with E-state index in [0.717, 1.165) is 36.0 Å². The molecule has 0 saturated heterocycles. The van der Waals surface area contributed by atoms with Crippen molar-refractivity contribution in [3.8, 4) is 17.2 Å². The SMILES string of the molecule is CN=C(NCCc1c(OC)cc(OC)cc1OC)NCc1cccc(C)c1.I. The molecule has 0 spiro atoms. The summed E-state index contributed by atoms with van der Waals surface area (Å²) < 4.78 is 16.3. The molecule has 0 aromatic heterocycles. The smallest absolute Gasteiger partial charge is 0.191 e. The fourth-order valence-electron chi connectivity index (χ4n) is 2.86. The molecule has 0 aliphatic carbocycles. The summed E-state index contributed by atoms with van der Waals surface area (Å²) in [6.45, 7) is 3.50. The van der Waals surface area contributed by atoms with E-state index in [-0.39, 0.29) is 24.0 Å². The average Bonchev–Trinajstić information content (AvgIpc) is 2.70. The molecule has 0 aliphatic rings. The van der Waals surface area contributed by atoms with Crippen molar-refractivity contribution in [2.75, 3.05) is 34.9 Å². The number of benzene rings is 2. The molecule has 2 aromatic rings. The first-order valence-corrected chi connectivity index (χ1v) is 8.90. The summed E-state index contributed by atoms with van der Waals surface area (Å²) >= 11 is 0. The number of guanidine groups is 1. The van der Waals surface area contributed by atoms with Gasteiger partial charge in [0.1, 0.15) is 17.2 Å². The van der Waals surface area contributed by atoms with E-state index in [1.54, 1.807) is 28.4 Å². The van der Waals surface area contributed by atoms with E-state index in [4.69, 9.17) is 14.2 Å². The van der Waals surface area contributed by atoms with Crippen LogP contribution in [0.25, 0.3) is 0 Å². The second-order valence-electron chi connectivity index (χ2n) is 6.10. The lowest BCUT2D eigenvalue weighted by atomic mass is 10.1. The van der Waals surface area contributed by atoms with Gasteiger partial charge in [0.2, 0.25) is 0 Å². The Morgan fingerprint density at radius 1 is 0.964 bits per heavy atom. The highest BCUT2D eigenvalue weighted by atomic mass is 127. The molecule has 0 amide bonds. The Morgan fingerprint density at radius 3 is 2.18 bits per heavy atom. The molecule has 0 atom stereocenters. The molecular weight excluding hydrogens is 469 g/mol. The molecule has 2 N–H and O–H groups in total. The van der Waals surface area contributed by atoms with E-state index < -0.39 is 0 Å². The van der Waals surface area contributed by atoms with E-state index >= 15 is 0 Å². The molecule has 0 radical (unpaired) electrons. The average molecular weight is 499 g/mol. The van der Waals surface area contributed by atoms with E-state index in [2.05, 4.69) is 46.8 Å². The maximum absolute atomic E-state index is 5.50.